The monoisotopic (exact) mass is 395 g/mol. The maximum absolute atomic E-state index is 11.8. The number of hydrogen-bond donors (Lipinski definition) is 1. The number of carbonyl (C=O) groups is 1. The van der Waals surface area contributed by atoms with E-state index in [1.807, 2.05) is 6.07 Å². The van der Waals surface area contributed by atoms with E-state index in [9.17, 15) is 4.79 Å². The number of hydrogen-bond acceptors (Lipinski definition) is 2. The Kier molecular flexibility index (Phi) is 6.93. The molecule has 0 heterocycles. The summed E-state index contributed by atoms with van der Waals surface area (Å²) in [5.41, 5.74) is 2.54. The van der Waals surface area contributed by atoms with Gasteiger partial charge >= 0.3 is 0 Å². The first kappa shape index (κ1) is 17.8. The minimum atomic E-state index is -0.145. The Morgan fingerprint density at radius 3 is 2.83 bits per heavy atom. The molecule has 0 unspecified atom stereocenters. The van der Waals surface area contributed by atoms with Crippen LogP contribution in [-0.2, 0) is 11.2 Å². The molecular formula is C18H19BrClNO2. The van der Waals surface area contributed by atoms with E-state index in [1.54, 1.807) is 12.1 Å². The Morgan fingerprint density at radius 2 is 2.09 bits per heavy atom. The van der Waals surface area contributed by atoms with Gasteiger partial charge in [-0.1, -0.05) is 57.4 Å². The van der Waals surface area contributed by atoms with Gasteiger partial charge in [0.05, 0.1) is 5.02 Å². The van der Waals surface area contributed by atoms with E-state index in [2.05, 4.69) is 52.4 Å². The van der Waals surface area contributed by atoms with E-state index in [0.29, 0.717) is 17.3 Å². The van der Waals surface area contributed by atoms with Gasteiger partial charge in [-0.3, -0.25) is 4.79 Å². The number of nitrogens with one attached hydrogen (secondary N) is 1. The zero-order chi connectivity index (χ0) is 16.7. The summed E-state index contributed by atoms with van der Waals surface area (Å²) in [6, 6.07) is 13.7. The SMILES string of the molecule is Cc1cccc(CCCNC(=O)COc2ccc(Br)cc2Cl)c1. The Hall–Kier alpha value is -1.52. The Balaban J connectivity index is 1.67. The summed E-state index contributed by atoms with van der Waals surface area (Å²) in [4.78, 5) is 11.8. The highest BCUT2D eigenvalue weighted by molar-refractivity contribution is 9.10. The minimum Gasteiger partial charge on any atom is -0.482 e. The fourth-order valence-corrected chi connectivity index (χ4v) is 2.90. The highest BCUT2D eigenvalue weighted by Crippen LogP contribution is 2.27. The molecule has 0 radical (unpaired) electrons. The van der Waals surface area contributed by atoms with Gasteiger partial charge in [0.15, 0.2) is 6.61 Å². The van der Waals surface area contributed by atoms with Crippen molar-refractivity contribution in [1.29, 1.82) is 0 Å². The lowest BCUT2D eigenvalue weighted by Crippen LogP contribution is -2.29. The van der Waals surface area contributed by atoms with Crippen molar-refractivity contribution in [2.75, 3.05) is 13.2 Å². The molecule has 5 heteroatoms. The van der Waals surface area contributed by atoms with Crippen LogP contribution in [0.15, 0.2) is 46.9 Å². The first-order valence-electron chi connectivity index (χ1n) is 7.44. The molecule has 0 saturated carbocycles. The third-order valence-corrected chi connectivity index (χ3v) is 4.09. The first-order valence-corrected chi connectivity index (χ1v) is 8.62. The molecule has 122 valence electrons. The lowest BCUT2D eigenvalue weighted by atomic mass is 10.1. The van der Waals surface area contributed by atoms with Gasteiger partial charge in [0.1, 0.15) is 5.75 Å². The fourth-order valence-electron chi connectivity index (χ4n) is 2.17. The van der Waals surface area contributed by atoms with Crippen molar-refractivity contribution in [2.24, 2.45) is 0 Å². The first-order chi connectivity index (χ1) is 11.0. The standard InChI is InChI=1S/C18H19BrClNO2/c1-13-4-2-5-14(10-13)6-3-9-21-18(22)12-23-17-8-7-15(19)11-16(17)20/h2,4-5,7-8,10-11H,3,6,9,12H2,1H3,(H,21,22). The second-order valence-electron chi connectivity index (χ2n) is 5.31. The smallest absolute Gasteiger partial charge is 0.257 e. The zero-order valence-electron chi connectivity index (χ0n) is 12.9. The van der Waals surface area contributed by atoms with Crippen molar-refractivity contribution in [3.05, 3.63) is 63.1 Å². The molecule has 0 aliphatic rings. The van der Waals surface area contributed by atoms with Crippen LogP contribution in [0.1, 0.15) is 17.5 Å². The molecule has 0 aliphatic heterocycles. The van der Waals surface area contributed by atoms with Crippen molar-refractivity contribution in [2.45, 2.75) is 19.8 Å². The van der Waals surface area contributed by atoms with Crippen LogP contribution in [0, 0.1) is 6.92 Å². The number of rotatable bonds is 7. The van der Waals surface area contributed by atoms with Gasteiger partial charge < -0.3 is 10.1 Å². The van der Waals surface area contributed by atoms with Crippen LogP contribution in [0.25, 0.3) is 0 Å². The van der Waals surface area contributed by atoms with Crippen molar-refractivity contribution < 1.29 is 9.53 Å². The number of carbonyl (C=O) groups excluding carboxylic acids is 1. The number of amides is 1. The topological polar surface area (TPSA) is 38.3 Å². The fraction of sp³-hybridized carbons (Fsp3) is 0.278. The second kappa shape index (κ2) is 8.94. The van der Waals surface area contributed by atoms with E-state index in [0.717, 1.165) is 17.3 Å². The van der Waals surface area contributed by atoms with Crippen LogP contribution in [0.2, 0.25) is 5.02 Å². The molecule has 1 amide bonds. The summed E-state index contributed by atoms with van der Waals surface area (Å²) in [6.45, 7) is 2.67. The van der Waals surface area contributed by atoms with Gasteiger partial charge in [-0.05, 0) is 43.5 Å². The van der Waals surface area contributed by atoms with Crippen molar-refractivity contribution >= 4 is 33.4 Å². The molecule has 0 fully saturated rings. The second-order valence-corrected chi connectivity index (χ2v) is 6.63. The third-order valence-electron chi connectivity index (χ3n) is 3.30. The highest BCUT2D eigenvalue weighted by atomic mass is 79.9. The minimum absolute atomic E-state index is 0.0359. The number of ether oxygens (including phenoxy) is 1. The molecule has 0 saturated heterocycles. The molecule has 2 rings (SSSR count). The van der Waals surface area contributed by atoms with Gasteiger partial charge in [-0.15, -0.1) is 0 Å². The van der Waals surface area contributed by atoms with Crippen LogP contribution in [0.4, 0.5) is 0 Å². The summed E-state index contributed by atoms with van der Waals surface area (Å²) in [5, 5.41) is 3.33. The normalized spacial score (nSPS) is 10.4. The number of halogens is 2. The lowest BCUT2D eigenvalue weighted by Gasteiger charge is -2.09. The molecule has 23 heavy (non-hydrogen) atoms. The molecular weight excluding hydrogens is 378 g/mol. The van der Waals surface area contributed by atoms with E-state index in [4.69, 9.17) is 16.3 Å². The quantitative estimate of drug-likeness (QED) is 0.698. The zero-order valence-corrected chi connectivity index (χ0v) is 15.3. The van der Waals surface area contributed by atoms with Gasteiger partial charge in [0.2, 0.25) is 0 Å². The maximum Gasteiger partial charge on any atom is 0.257 e. The predicted molar refractivity (Wildman–Crippen MR) is 97.2 cm³/mol. The molecule has 0 aromatic heterocycles. The summed E-state index contributed by atoms with van der Waals surface area (Å²) < 4.78 is 6.29. The Morgan fingerprint density at radius 1 is 1.26 bits per heavy atom. The van der Waals surface area contributed by atoms with E-state index >= 15 is 0 Å². The average molecular weight is 397 g/mol. The van der Waals surface area contributed by atoms with E-state index in [-0.39, 0.29) is 12.5 Å². The Labute approximate surface area is 150 Å². The molecule has 0 aliphatic carbocycles. The highest BCUT2D eigenvalue weighted by Gasteiger charge is 2.06. The van der Waals surface area contributed by atoms with Crippen LogP contribution in [0.3, 0.4) is 0 Å². The van der Waals surface area contributed by atoms with E-state index < -0.39 is 0 Å². The van der Waals surface area contributed by atoms with Crippen LogP contribution < -0.4 is 10.1 Å². The van der Waals surface area contributed by atoms with Gasteiger partial charge in [-0.2, -0.15) is 0 Å². The van der Waals surface area contributed by atoms with Crippen LogP contribution in [0.5, 0.6) is 5.75 Å². The van der Waals surface area contributed by atoms with Gasteiger partial charge in [0, 0.05) is 11.0 Å². The molecule has 0 bridgehead atoms. The van der Waals surface area contributed by atoms with Crippen LogP contribution >= 0.6 is 27.5 Å². The largest absolute Gasteiger partial charge is 0.482 e. The number of aryl methyl sites for hydroxylation is 2. The third kappa shape index (κ3) is 6.24. The molecule has 2 aromatic rings. The van der Waals surface area contributed by atoms with Crippen molar-refractivity contribution in [1.82, 2.24) is 5.32 Å². The summed E-state index contributed by atoms with van der Waals surface area (Å²) >= 11 is 9.36. The molecule has 1 N–H and O–H groups in total. The maximum atomic E-state index is 11.8. The van der Waals surface area contributed by atoms with Crippen molar-refractivity contribution in [3.63, 3.8) is 0 Å². The molecule has 2 aromatic carbocycles. The summed E-state index contributed by atoms with van der Waals surface area (Å²) in [7, 11) is 0. The van der Waals surface area contributed by atoms with Crippen LogP contribution in [-0.4, -0.2) is 19.1 Å². The van der Waals surface area contributed by atoms with Gasteiger partial charge in [0.25, 0.3) is 5.91 Å². The van der Waals surface area contributed by atoms with Crippen molar-refractivity contribution in [3.8, 4) is 5.75 Å². The molecule has 0 atom stereocenters. The summed E-state index contributed by atoms with van der Waals surface area (Å²) in [5.74, 6) is 0.359. The molecule has 0 spiro atoms. The van der Waals surface area contributed by atoms with Gasteiger partial charge in [-0.25, -0.2) is 0 Å². The van der Waals surface area contributed by atoms with E-state index in [1.165, 1.54) is 11.1 Å². The summed E-state index contributed by atoms with van der Waals surface area (Å²) in [6.07, 6.45) is 1.84. The predicted octanol–water partition coefficient (Wildman–Crippen LogP) is 4.54. The lowest BCUT2D eigenvalue weighted by molar-refractivity contribution is -0.123. The average Bonchev–Trinajstić information content (AvgIpc) is 2.51. The Bertz CT molecular complexity index is 676. The number of benzene rings is 2. The molecule has 3 nitrogen and oxygen atoms in total.